The van der Waals surface area contributed by atoms with Crippen molar-refractivity contribution in [3.8, 4) is 0 Å². The second-order valence-electron chi connectivity index (χ2n) is 3.14. The van der Waals surface area contributed by atoms with Gasteiger partial charge in [-0.05, 0) is 25.8 Å². The van der Waals surface area contributed by atoms with Crippen LogP contribution in [0.4, 0.5) is 0 Å². The van der Waals surface area contributed by atoms with Crippen LogP contribution in [0.15, 0.2) is 0 Å². The van der Waals surface area contributed by atoms with Crippen molar-refractivity contribution in [3.63, 3.8) is 0 Å². The van der Waals surface area contributed by atoms with Crippen LogP contribution < -0.4 is 11.1 Å². The Kier molecular flexibility index (Phi) is 4.55. The minimum Gasteiger partial charge on any atom is -0.381 e. The Morgan fingerprint density at radius 3 is 2.69 bits per heavy atom. The van der Waals surface area contributed by atoms with Crippen LogP contribution >= 0.6 is 11.8 Å². The van der Waals surface area contributed by atoms with Crippen molar-refractivity contribution in [2.75, 3.05) is 20.3 Å². The molecule has 0 aliphatic carbocycles. The monoisotopic (exact) mass is 203 g/mol. The first-order valence-electron chi connectivity index (χ1n) is 4.49. The van der Waals surface area contributed by atoms with Crippen LogP contribution in [0.3, 0.4) is 0 Å². The molecule has 0 saturated carbocycles. The highest BCUT2D eigenvalue weighted by molar-refractivity contribution is 8.14. The molecule has 1 atom stereocenters. The van der Waals surface area contributed by atoms with Crippen LogP contribution in [0.5, 0.6) is 0 Å². The minimum atomic E-state index is 0.186. The van der Waals surface area contributed by atoms with Crippen molar-refractivity contribution in [2.24, 2.45) is 11.7 Å². The smallest absolute Gasteiger partial charge is 0.152 e. The van der Waals surface area contributed by atoms with Gasteiger partial charge in [0.1, 0.15) is 0 Å². The average molecular weight is 203 g/mol. The fourth-order valence-electron chi connectivity index (χ4n) is 1.55. The third kappa shape index (κ3) is 3.54. The summed E-state index contributed by atoms with van der Waals surface area (Å²) in [6, 6.07) is 0. The maximum absolute atomic E-state index is 7.22. The van der Waals surface area contributed by atoms with Crippen molar-refractivity contribution in [3.05, 3.63) is 0 Å². The zero-order valence-corrected chi connectivity index (χ0v) is 8.69. The van der Waals surface area contributed by atoms with E-state index >= 15 is 0 Å². The summed E-state index contributed by atoms with van der Waals surface area (Å²) >= 11 is 1.40. The highest BCUT2D eigenvalue weighted by atomic mass is 32.2. The highest BCUT2D eigenvalue weighted by Crippen LogP contribution is 2.25. The van der Waals surface area contributed by atoms with E-state index in [9.17, 15) is 0 Å². The molecule has 0 spiro atoms. The summed E-state index contributed by atoms with van der Waals surface area (Å²) in [5, 5.41) is 10.9. The maximum Gasteiger partial charge on any atom is 0.152 e. The predicted octanol–water partition coefficient (Wildman–Crippen LogP) is 0.585. The molecule has 1 heterocycles. The topological polar surface area (TPSA) is 71.1 Å². The van der Waals surface area contributed by atoms with Crippen LogP contribution in [0, 0.1) is 11.3 Å². The van der Waals surface area contributed by atoms with Gasteiger partial charge >= 0.3 is 0 Å². The minimum absolute atomic E-state index is 0.186. The van der Waals surface area contributed by atoms with Gasteiger partial charge in [0, 0.05) is 13.2 Å². The molecular formula is C8H17N3OS. The third-order valence-electron chi connectivity index (χ3n) is 2.23. The molecule has 76 valence electrons. The molecule has 1 saturated heterocycles. The van der Waals surface area contributed by atoms with Gasteiger partial charge in [-0.3, -0.25) is 5.41 Å². The number of amidine groups is 1. The lowest BCUT2D eigenvalue weighted by Crippen LogP contribution is -2.36. The van der Waals surface area contributed by atoms with E-state index in [1.807, 2.05) is 7.05 Å². The van der Waals surface area contributed by atoms with Gasteiger partial charge in [0.2, 0.25) is 0 Å². The fourth-order valence-corrected chi connectivity index (χ4v) is 2.40. The molecule has 13 heavy (non-hydrogen) atoms. The molecule has 5 heteroatoms. The fraction of sp³-hybridized carbons (Fsp3) is 0.875. The van der Waals surface area contributed by atoms with E-state index in [-0.39, 0.29) is 10.5 Å². The Morgan fingerprint density at radius 1 is 1.62 bits per heavy atom. The van der Waals surface area contributed by atoms with E-state index in [2.05, 4.69) is 5.32 Å². The van der Waals surface area contributed by atoms with Crippen LogP contribution in [-0.2, 0) is 4.74 Å². The molecular weight excluding hydrogens is 186 g/mol. The largest absolute Gasteiger partial charge is 0.381 e. The van der Waals surface area contributed by atoms with Gasteiger partial charge in [-0.25, -0.2) is 0 Å². The number of nitrogens with one attached hydrogen (secondary N) is 2. The summed E-state index contributed by atoms with van der Waals surface area (Å²) in [7, 11) is 1.91. The SMILES string of the molecule is CNC(SC(=N)N)C1CCOCC1. The van der Waals surface area contributed by atoms with E-state index in [1.165, 1.54) is 11.8 Å². The summed E-state index contributed by atoms with van der Waals surface area (Å²) < 4.78 is 5.28. The maximum atomic E-state index is 7.22. The van der Waals surface area contributed by atoms with Crippen molar-refractivity contribution in [1.29, 1.82) is 5.41 Å². The molecule has 1 fully saturated rings. The summed E-state index contributed by atoms with van der Waals surface area (Å²) in [4.78, 5) is 0. The molecule has 1 rings (SSSR count). The van der Waals surface area contributed by atoms with Gasteiger partial charge in [-0.15, -0.1) is 0 Å². The van der Waals surface area contributed by atoms with Gasteiger partial charge < -0.3 is 15.8 Å². The molecule has 0 radical (unpaired) electrons. The van der Waals surface area contributed by atoms with Crippen molar-refractivity contribution < 1.29 is 4.74 Å². The van der Waals surface area contributed by atoms with Gasteiger partial charge in [0.15, 0.2) is 5.17 Å². The molecule has 1 unspecified atom stereocenters. The Hall–Kier alpha value is -0.260. The Bertz CT molecular complexity index is 171. The number of nitrogens with two attached hydrogens (primary N) is 1. The molecule has 4 N–H and O–H groups in total. The molecule has 0 aromatic rings. The van der Waals surface area contributed by atoms with Crippen LogP contribution in [0.25, 0.3) is 0 Å². The molecule has 1 aliphatic rings. The van der Waals surface area contributed by atoms with Crippen LogP contribution in [0.1, 0.15) is 12.8 Å². The Balaban J connectivity index is 2.39. The summed E-state index contributed by atoms with van der Waals surface area (Å²) in [6.45, 7) is 1.67. The molecule has 0 bridgehead atoms. The van der Waals surface area contributed by atoms with Crippen molar-refractivity contribution >= 4 is 16.9 Å². The number of rotatable bonds is 3. The molecule has 0 aromatic heterocycles. The number of ether oxygens (including phenoxy) is 1. The van der Waals surface area contributed by atoms with Crippen molar-refractivity contribution in [2.45, 2.75) is 18.2 Å². The summed E-state index contributed by atoms with van der Waals surface area (Å²) in [6.07, 6.45) is 2.12. The van der Waals surface area contributed by atoms with Crippen molar-refractivity contribution in [1.82, 2.24) is 5.32 Å². The highest BCUT2D eigenvalue weighted by Gasteiger charge is 2.23. The van der Waals surface area contributed by atoms with Gasteiger partial charge in [-0.2, -0.15) is 0 Å². The van der Waals surface area contributed by atoms with Gasteiger partial charge in [-0.1, -0.05) is 11.8 Å². The number of hydrogen-bond donors (Lipinski definition) is 3. The van der Waals surface area contributed by atoms with Crippen LogP contribution in [0.2, 0.25) is 0 Å². The van der Waals surface area contributed by atoms with Gasteiger partial charge in [0.25, 0.3) is 0 Å². The van der Waals surface area contributed by atoms with E-state index < -0.39 is 0 Å². The summed E-state index contributed by atoms with van der Waals surface area (Å²) in [5.41, 5.74) is 5.35. The zero-order valence-electron chi connectivity index (χ0n) is 7.88. The second kappa shape index (κ2) is 5.47. The van der Waals surface area contributed by atoms with Gasteiger partial charge in [0.05, 0.1) is 5.37 Å². The first kappa shape index (κ1) is 10.8. The lowest BCUT2D eigenvalue weighted by Gasteiger charge is -2.28. The number of hydrogen-bond acceptors (Lipinski definition) is 4. The van der Waals surface area contributed by atoms with E-state index in [0.717, 1.165) is 26.1 Å². The van der Waals surface area contributed by atoms with E-state index in [0.29, 0.717) is 5.92 Å². The molecule has 4 nitrogen and oxygen atoms in total. The number of thioether (sulfide) groups is 1. The Labute approximate surface area is 83.1 Å². The second-order valence-corrected chi connectivity index (χ2v) is 4.32. The molecule has 1 aliphatic heterocycles. The zero-order chi connectivity index (χ0) is 9.68. The molecule has 0 aromatic carbocycles. The third-order valence-corrected chi connectivity index (χ3v) is 3.36. The van der Waals surface area contributed by atoms with E-state index in [1.54, 1.807) is 0 Å². The predicted molar refractivity (Wildman–Crippen MR) is 55.9 cm³/mol. The summed E-state index contributed by atoms with van der Waals surface area (Å²) in [5.74, 6) is 0.577. The lowest BCUT2D eigenvalue weighted by atomic mass is 10.0. The first-order valence-corrected chi connectivity index (χ1v) is 5.37. The van der Waals surface area contributed by atoms with E-state index in [4.69, 9.17) is 15.9 Å². The normalized spacial score (nSPS) is 21.3. The average Bonchev–Trinajstić information content (AvgIpc) is 2.15. The Morgan fingerprint density at radius 2 is 2.23 bits per heavy atom. The first-order chi connectivity index (χ1) is 6.24. The quantitative estimate of drug-likeness (QED) is 0.356. The standard InChI is InChI=1S/C8H17N3OS/c1-11-7(13-8(9)10)6-2-4-12-5-3-6/h6-7,11H,2-5H2,1H3,(H3,9,10). The molecule has 0 amide bonds. The lowest BCUT2D eigenvalue weighted by molar-refractivity contribution is 0.0639. The van der Waals surface area contributed by atoms with Crippen LogP contribution in [-0.4, -0.2) is 30.8 Å².